The van der Waals surface area contributed by atoms with Gasteiger partial charge in [-0.25, -0.2) is 0 Å². The first-order valence-corrected chi connectivity index (χ1v) is 6.63. The highest BCUT2D eigenvalue weighted by Crippen LogP contribution is 2.33. The minimum atomic E-state index is 0.342. The third-order valence-electron chi connectivity index (χ3n) is 3.08. The van der Waals surface area contributed by atoms with Gasteiger partial charge in [-0.05, 0) is 41.1 Å². The normalized spacial score (nSPS) is 15.4. The van der Waals surface area contributed by atoms with Crippen LogP contribution < -0.4 is 0 Å². The first kappa shape index (κ1) is 11.8. The summed E-state index contributed by atoms with van der Waals surface area (Å²) in [4.78, 5) is 11.8. The second-order valence-corrected chi connectivity index (χ2v) is 5.34. The van der Waals surface area contributed by atoms with Gasteiger partial charge in [0.2, 0.25) is 0 Å². The van der Waals surface area contributed by atoms with E-state index in [2.05, 4.69) is 28.0 Å². The SMILES string of the molecule is CCc1nn(C)c(CC(=O)CC2CC2)c1Br. The van der Waals surface area contributed by atoms with Crippen molar-refractivity contribution in [1.29, 1.82) is 0 Å². The van der Waals surface area contributed by atoms with E-state index in [0.29, 0.717) is 18.1 Å². The van der Waals surface area contributed by atoms with Gasteiger partial charge in [0.15, 0.2) is 0 Å². The van der Waals surface area contributed by atoms with E-state index in [-0.39, 0.29) is 0 Å². The van der Waals surface area contributed by atoms with Gasteiger partial charge in [-0.15, -0.1) is 0 Å². The van der Waals surface area contributed by atoms with E-state index in [1.807, 2.05) is 11.7 Å². The minimum Gasteiger partial charge on any atom is -0.299 e. The number of halogens is 1. The molecule has 0 spiro atoms. The lowest BCUT2D eigenvalue weighted by molar-refractivity contribution is -0.118. The number of rotatable bonds is 5. The van der Waals surface area contributed by atoms with Crippen LogP contribution in [-0.4, -0.2) is 15.6 Å². The van der Waals surface area contributed by atoms with Crippen LogP contribution in [-0.2, 0) is 24.7 Å². The third kappa shape index (κ3) is 2.54. The van der Waals surface area contributed by atoms with Gasteiger partial charge < -0.3 is 0 Å². The lowest BCUT2D eigenvalue weighted by Gasteiger charge is -2.01. The summed E-state index contributed by atoms with van der Waals surface area (Å²) in [6, 6.07) is 0. The molecule has 16 heavy (non-hydrogen) atoms. The van der Waals surface area contributed by atoms with Crippen LogP contribution in [0.15, 0.2) is 4.47 Å². The number of hydrogen-bond acceptors (Lipinski definition) is 2. The van der Waals surface area contributed by atoms with Gasteiger partial charge in [-0.2, -0.15) is 5.10 Å². The van der Waals surface area contributed by atoms with Crippen LogP contribution in [0.25, 0.3) is 0 Å². The number of nitrogens with zero attached hydrogens (tertiary/aromatic N) is 2. The fraction of sp³-hybridized carbons (Fsp3) is 0.667. The molecule has 1 aromatic heterocycles. The Labute approximate surface area is 104 Å². The monoisotopic (exact) mass is 284 g/mol. The smallest absolute Gasteiger partial charge is 0.139 e. The second kappa shape index (κ2) is 4.70. The van der Waals surface area contributed by atoms with Gasteiger partial charge in [0, 0.05) is 19.9 Å². The Kier molecular flexibility index (Phi) is 3.47. The zero-order valence-corrected chi connectivity index (χ0v) is 11.4. The molecule has 0 unspecified atom stereocenters. The fourth-order valence-electron chi connectivity index (χ4n) is 1.91. The third-order valence-corrected chi connectivity index (χ3v) is 4.00. The average molecular weight is 285 g/mol. The minimum absolute atomic E-state index is 0.342. The van der Waals surface area contributed by atoms with Crippen molar-refractivity contribution in [1.82, 2.24) is 9.78 Å². The van der Waals surface area contributed by atoms with Crippen molar-refractivity contribution in [2.45, 2.75) is 39.0 Å². The van der Waals surface area contributed by atoms with Gasteiger partial charge >= 0.3 is 0 Å². The lowest BCUT2D eigenvalue weighted by atomic mass is 10.1. The lowest BCUT2D eigenvalue weighted by Crippen LogP contribution is -2.08. The number of carbonyl (C=O) groups excluding carboxylic acids is 1. The van der Waals surface area contributed by atoms with E-state index in [0.717, 1.165) is 28.7 Å². The average Bonchev–Trinajstić information content (AvgIpc) is 3.00. The van der Waals surface area contributed by atoms with Crippen LogP contribution in [0, 0.1) is 5.92 Å². The number of Topliss-reactive ketones (excluding diaryl/α,β-unsaturated/α-hetero) is 1. The molecule has 0 radical (unpaired) electrons. The van der Waals surface area contributed by atoms with Crippen molar-refractivity contribution in [3.63, 3.8) is 0 Å². The first-order chi connectivity index (χ1) is 7.61. The quantitative estimate of drug-likeness (QED) is 0.833. The Hall–Kier alpha value is -0.640. The number of aromatic nitrogens is 2. The van der Waals surface area contributed by atoms with E-state index < -0.39 is 0 Å². The molecule has 0 atom stereocenters. The molecule has 4 heteroatoms. The molecule has 2 rings (SSSR count). The van der Waals surface area contributed by atoms with Crippen molar-refractivity contribution < 1.29 is 4.79 Å². The Bertz CT molecular complexity index is 407. The highest BCUT2D eigenvalue weighted by atomic mass is 79.9. The summed E-state index contributed by atoms with van der Waals surface area (Å²) in [6.45, 7) is 2.07. The first-order valence-electron chi connectivity index (χ1n) is 5.83. The molecule has 0 bridgehead atoms. The molecule has 88 valence electrons. The summed E-state index contributed by atoms with van der Waals surface area (Å²) in [6.07, 6.45) is 4.63. The van der Waals surface area contributed by atoms with E-state index in [9.17, 15) is 4.79 Å². The molecule has 1 saturated carbocycles. The predicted octanol–water partition coefficient (Wildman–Crippen LogP) is 2.66. The molecule has 0 saturated heterocycles. The molecule has 3 nitrogen and oxygen atoms in total. The standard InChI is InChI=1S/C12H17BrN2O/c1-3-10-12(13)11(15(2)14-10)7-9(16)6-8-4-5-8/h8H,3-7H2,1-2H3. The van der Waals surface area contributed by atoms with Crippen molar-refractivity contribution in [2.75, 3.05) is 0 Å². The maximum Gasteiger partial charge on any atom is 0.139 e. The van der Waals surface area contributed by atoms with E-state index in [4.69, 9.17) is 0 Å². The van der Waals surface area contributed by atoms with E-state index >= 15 is 0 Å². The maximum absolute atomic E-state index is 11.8. The number of carbonyl (C=O) groups is 1. The molecule has 1 fully saturated rings. The summed E-state index contributed by atoms with van der Waals surface area (Å²) in [5.41, 5.74) is 2.05. The van der Waals surface area contributed by atoms with Crippen molar-refractivity contribution in [3.05, 3.63) is 15.9 Å². The Balaban J connectivity index is 2.07. The van der Waals surface area contributed by atoms with E-state index in [1.54, 1.807) is 0 Å². The van der Waals surface area contributed by atoms with Crippen LogP contribution in [0.4, 0.5) is 0 Å². The predicted molar refractivity (Wildman–Crippen MR) is 66.3 cm³/mol. The summed E-state index contributed by atoms with van der Waals surface area (Å²) in [5, 5.41) is 4.39. The Morgan fingerprint density at radius 2 is 2.25 bits per heavy atom. The molecule has 0 N–H and O–H groups in total. The molecule has 1 aliphatic rings. The summed E-state index contributed by atoms with van der Waals surface area (Å²) in [5.74, 6) is 1.01. The summed E-state index contributed by atoms with van der Waals surface area (Å²) in [7, 11) is 1.91. The van der Waals surface area contributed by atoms with Gasteiger partial charge in [-0.3, -0.25) is 9.48 Å². The van der Waals surface area contributed by atoms with Gasteiger partial charge in [0.1, 0.15) is 5.78 Å². The van der Waals surface area contributed by atoms with Gasteiger partial charge in [0.25, 0.3) is 0 Å². The number of ketones is 1. The van der Waals surface area contributed by atoms with Gasteiger partial charge in [-0.1, -0.05) is 6.92 Å². The van der Waals surface area contributed by atoms with Crippen LogP contribution in [0.1, 0.15) is 37.6 Å². The van der Waals surface area contributed by atoms with Crippen molar-refractivity contribution >= 4 is 21.7 Å². The molecule has 1 heterocycles. The summed E-state index contributed by atoms with van der Waals surface area (Å²) < 4.78 is 2.84. The second-order valence-electron chi connectivity index (χ2n) is 4.55. The molecule has 0 amide bonds. The Morgan fingerprint density at radius 1 is 1.56 bits per heavy atom. The maximum atomic E-state index is 11.8. The van der Waals surface area contributed by atoms with Crippen LogP contribution >= 0.6 is 15.9 Å². The fourth-order valence-corrected chi connectivity index (χ4v) is 2.67. The number of aryl methyl sites for hydroxylation is 2. The highest BCUT2D eigenvalue weighted by Gasteiger charge is 2.25. The van der Waals surface area contributed by atoms with Crippen molar-refractivity contribution in [3.8, 4) is 0 Å². The topological polar surface area (TPSA) is 34.9 Å². The Morgan fingerprint density at radius 3 is 2.75 bits per heavy atom. The molecular formula is C12H17BrN2O. The van der Waals surface area contributed by atoms with Crippen molar-refractivity contribution in [2.24, 2.45) is 13.0 Å². The molecular weight excluding hydrogens is 268 g/mol. The molecule has 0 aliphatic heterocycles. The van der Waals surface area contributed by atoms with Crippen LogP contribution in [0.3, 0.4) is 0 Å². The molecule has 0 aromatic carbocycles. The zero-order valence-electron chi connectivity index (χ0n) is 9.79. The molecule has 1 aliphatic carbocycles. The zero-order chi connectivity index (χ0) is 11.7. The van der Waals surface area contributed by atoms with Gasteiger partial charge in [0.05, 0.1) is 15.9 Å². The summed E-state index contributed by atoms with van der Waals surface area (Å²) >= 11 is 3.54. The van der Waals surface area contributed by atoms with E-state index in [1.165, 1.54) is 12.8 Å². The van der Waals surface area contributed by atoms with Crippen LogP contribution in [0.5, 0.6) is 0 Å². The molecule has 1 aromatic rings. The number of hydrogen-bond donors (Lipinski definition) is 0. The van der Waals surface area contributed by atoms with Crippen LogP contribution in [0.2, 0.25) is 0 Å². The largest absolute Gasteiger partial charge is 0.299 e. The highest BCUT2D eigenvalue weighted by molar-refractivity contribution is 9.10.